The predicted molar refractivity (Wildman–Crippen MR) is 58.8 cm³/mol. The zero-order valence-electron chi connectivity index (χ0n) is 7.50. The fraction of sp³-hybridized carbons (Fsp3) is 0. The Hall–Kier alpha value is -1.39. The maximum atomic E-state index is 10.8. The number of nitrogens with zero attached hydrogens (tertiary/aromatic N) is 3. The summed E-state index contributed by atoms with van der Waals surface area (Å²) in [4.78, 5) is 14.7. The first-order valence-electron chi connectivity index (χ1n) is 3.92. The third kappa shape index (κ3) is 2.55. The molecule has 4 nitrogen and oxygen atoms in total. The number of carbonyl (C=O) groups is 1. The van der Waals surface area contributed by atoms with Gasteiger partial charge in [0.25, 0.3) is 5.24 Å². The van der Waals surface area contributed by atoms with Gasteiger partial charge in [-0.1, -0.05) is 0 Å². The normalized spacial score (nSPS) is 9.40. The molecule has 15 heavy (non-hydrogen) atoms. The van der Waals surface area contributed by atoms with E-state index in [9.17, 15) is 4.79 Å². The molecule has 0 aliphatic heterocycles. The van der Waals surface area contributed by atoms with E-state index in [1.54, 1.807) is 29.3 Å². The number of rotatable bonds is 2. The van der Waals surface area contributed by atoms with E-state index in [4.69, 9.17) is 11.6 Å². The van der Waals surface area contributed by atoms with Crippen LogP contribution in [0.3, 0.4) is 0 Å². The number of hydrogen-bond donors (Lipinski definition) is 0. The number of carbonyl (C=O) groups excluding carboxylic acids is 1. The Bertz CT molecular complexity index is 455. The van der Waals surface area contributed by atoms with Crippen molar-refractivity contribution >= 4 is 29.3 Å². The van der Waals surface area contributed by atoms with Gasteiger partial charge in [0.2, 0.25) is 0 Å². The lowest BCUT2D eigenvalue weighted by Crippen LogP contribution is -1.94. The van der Waals surface area contributed by atoms with E-state index in [-0.39, 0.29) is 12.4 Å². The highest BCUT2D eigenvalue weighted by Gasteiger charge is 2.05. The summed E-state index contributed by atoms with van der Waals surface area (Å²) in [5.41, 5.74) is 1.16. The van der Waals surface area contributed by atoms with Crippen LogP contribution in [0.5, 0.6) is 0 Å². The van der Waals surface area contributed by atoms with Crippen LogP contribution in [-0.4, -0.2) is 20.0 Å². The molecule has 0 bridgehead atoms. The molecule has 0 N–H and O–H groups in total. The summed E-state index contributed by atoms with van der Waals surface area (Å²) < 4.78 is 1.54. The minimum Gasteiger partial charge on any atom is -0.275 e. The molecule has 78 valence electrons. The Morgan fingerprint density at radius 1 is 1.40 bits per heavy atom. The third-order valence-corrected chi connectivity index (χ3v) is 1.94. The lowest BCUT2D eigenvalue weighted by atomic mass is 10.4. The molecule has 2 aromatic rings. The van der Waals surface area contributed by atoms with Gasteiger partial charge in [-0.15, -0.1) is 12.4 Å². The van der Waals surface area contributed by atoms with Gasteiger partial charge >= 0.3 is 0 Å². The molecule has 0 unspecified atom stereocenters. The number of hydrogen-bond acceptors (Lipinski definition) is 3. The highest BCUT2D eigenvalue weighted by atomic mass is 35.5. The molecule has 6 heteroatoms. The van der Waals surface area contributed by atoms with E-state index in [1.165, 1.54) is 6.20 Å². The molecule has 0 amide bonds. The molecule has 0 saturated heterocycles. The monoisotopic (exact) mass is 243 g/mol. The van der Waals surface area contributed by atoms with Gasteiger partial charge in [0.15, 0.2) is 0 Å². The molecule has 0 aromatic carbocycles. The van der Waals surface area contributed by atoms with Crippen LogP contribution in [-0.2, 0) is 0 Å². The van der Waals surface area contributed by atoms with Crippen molar-refractivity contribution < 1.29 is 4.79 Å². The fourth-order valence-corrected chi connectivity index (χ4v) is 1.15. The van der Waals surface area contributed by atoms with Gasteiger partial charge in [0.05, 0.1) is 23.6 Å². The zero-order chi connectivity index (χ0) is 9.97. The number of pyridine rings is 1. The Balaban J connectivity index is 0.00000112. The Labute approximate surface area is 97.3 Å². The quantitative estimate of drug-likeness (QED) is 0.759. The highest BCUT2D eigenvalue weighted by Crippen LogP contribution is 2.07. The van der Waals surface area contributed by atoms with Gasteiger partial charge in [-0.2, -0.15) is 5.10 Å². The molecule has 2 rings (SSSR count). The topological polar surface area (TPSA) is 47.8 Å². The van der Waals surface area contributed by atoms with Crippen molar-refractivity contribution in [2.45, 2.75) is 0 Å². The van der Waals surface area contributed by atoms with Crippen LogP contribution in [0.25, 0.3) is 5.69 Å². The first-order valence-corrected chi connectivity index (χ1v) is 4.30. The molecular formula is C9H7Cl2N3O. The predicted octanol–water partition coefficient (Wildman–Crippen LogP) is 2.07. The van der Waals surface area contributed by atoms with Gasteiger partial charge in [-0.25, -0.2) is 4.68 Å². The van der Waals surface area contributed by atoms with Gasteiger partial charge in [0.1, 0.15) is 0 Å². The summed E-state index contributed by atoms with van der Waals surface area (Å²) in [5, 5.41) is 3.47. The summed E-state index contributed by atoms with van der Waals surface area (Å²) in [6.45, 7) is 0. The molecule has 0 aliphatic rings. The van der Waals surface area contributed by atoms with Crippen molar-refractivity contribution in [3.05, 3.63) is 42.5 Å². The van der Waals surface area contributed by atoms with Crippen molar-refractivity contribution in [1.82, 2.24) is 14.8 Å². The Morgan fingerprint density at radius 3 is 2.73 bits per heavy atom. The smallest absolute Gasteiger partial charge is 0.255 e. The lowest BCUT2D eigenvalue weighted by molar-refractivity contribution is 0.108. The van der Waals surface area contributed by atoms with Crippen molar-refractivity contribution in [3.63, 3.8) is 0 Å². The fourth-order valence-electron chi connectivity index (χ4n) is 1.05. The van der Waals surface area contributed by atoms with Gasteiger partial charge in [-0.05, 0) is 23.7 Å². The minimum atomic E-state index is -0.514. The second kappa shape index (κ2) is 4.91. The van der Waals surface area contributed by atoms with Crippen LogP contribution in [0.4, 0.5) is 0 Å². The van der Waals surface area contributed by atoms with Gasteiger partial charge in [-0.3, -0.25) is 9.78 Å². The van der Waals surface area contributed by atoms with E-state index in [0.717, 1.165) is 5.69 Å². The maximum absolute atomic E-state index is 10.8. The number of halogens is 2. The van der Waals surface area contributed by atoms with E-state index >= 15 is 0 Å². The molecule has 0 spiro atoms. The highest BCUT2D eigenvalue weighted by molar-refractivity contribution is 6.67. The van der Waals surface area contributed by atoms with Crippen LogP contribution in [0.2, 0.25) is 0 Å². The van der Waals surface area contributed by atoms with Crippen LogP contribution in [0, 0.1) is 0 Å². The molecule has 0 saturated carbocycles. The van der Waals surface area contributed by atoms with Crippen LogP contribution in [0.15, 0.2) is 36.9 Å². The molecule has 0 fully saturated rings. The summed E-state index contributed by atoms with van der Waals surface area (Å²) in [6, 6.07) is 3.63. The standard InChI is InChI=1S/C9H6ClN3O.ClH/c10-9(14)7-4-12-13(6-7)8-2-1-3-11-5-8;/h1-6H;1H. The summed E-state index contributed by atoms with van der Waals surface area (Å²) in [7, 11) is 0. The third-order valence-electron chi connectivity index (χ3n) is 1.72. The van der Waals surface area contributed by atoms with E-state index in [2.05, 4.69) is 10.1 Å². The Morgan fingerprint density at radius 2 is 2.20 bits per heavy atom. The van der Waals surface area contributed by atoms with Crippen LogP contribution >= 0.6 is 24.0 Å². The van der Waals surface area contributed by atoms with Crippen LogP contribution < -0.4 is 0 Å². The van der Waals surface area contributed by atoms with Crippen molar-refractivity contribution in [2.24, 2.45) is 0 Å². The second-order valence-electron chi connectivity index (χ2n) is 2.66. The molecule has 2 aromatic heterocycles. The zero-order valence-corrected chi connectivity index (χ0v) is 9.07. The average molecular weight is 244 g/mol. The first kappa shape index (κ1) is 11.7. The van der Waals surface area contributed by atoms with Gasteiger partial charge in [0, 0.05) is 12.4 Å². The SMILES string of the molecule is Cl.O=C(Cl)c1cnn(-c2cccnc2)c1. The molecule has 0 atom stereocenters. The first-order chi connectivity index (χ1) is 6.77. The van der Waals surface area contributed by atoms with Crippen LogP contribution in [0.1, 0.15) is 10.4 Å². The minimum absolute atomic E-state index is 0. The Kier molecular flexibility index (Phi) is 3.82. The average Bonchev–Trinajstić information content (AvgIpc) is 2.68. The molecule has 0 aliphatic carbocycles. The summed E-state index contributed by atoms with van der Waals surface area (Å²) >= 11 is 5.30. The summed E-state index contributed by atoms with van der Waals surface area (Å²) in [5.74, 6) is 0. The van der Waals surface area contributed by atoms with Crippen molar-refractivity contribution in [1.29, 1.82) is 0 Å². The second-order valence-corrected chi connectivity index (χ2v) is 3.00. The lowest BCUT2D eigenvalue weighted by Gasteiger charge is -1.97. The molecule has 2 heterocycles. The van der Waals surface area contributed by atoms with E-state index < -0.39 is 5.24 Å². The molecular weight excluding hydrogens is 237 g/mol. The number of aromatic nitrogens is 3. The van der Waals surface area contributed by atoms with Crippen molar-refractivity contribution in [2.75, 3.05) is 0 Å². The van der Waals surface area contributed by atoms with Crippen molar-refractivity contribution in [3.8, 4) is 5.69 Å². The maximum Gasteiger partial charge on any atom is 0.255 e. The molecule has 0 radical (unpaired) electrons. The summed E-state index contributed by atoms with van der Waals surface area (Å²) in [6.07, 6.45) is 6.30. The largest absolute Gasteiger partial charge is 0.275 e. The van der Waals surface area contributed by atoms with E-state index in [0.29, 0.717) is 5.56 Å². The van der Waals surface area contributed by atoms with E-state index in [1.807, 2.05) is 6.07 Å². The van der Waals surface area contributed by atoms with Gasteiger partial charge < -0.3 is 0 Å².